The predicted octanol–water partition coefficient (Wildman–Crippen LogP) is 6.75. The van der Waals surface area contributed by atoms with Gasteiger partial charge in [0.1, 0.15) is 0 Å². The van der Waals surface area contributed by atoms with Crippen molar-refractivity contribution in [2.24, 2.45) is 5.92 Å². The highest BCUT2D eigenvalue weighted by molar-refractivity contribution is 6.33. The maximum atomic E-state index is 13.6. The Morgan fingerprint density at radius 1 is 1.12 bits per heavy atom. The second kappa shape index (κ2) is 6.34. The van der Waals surface area contributed by atoms with Crippen LogP contribution >= 0.6 is 11.6 Å². The molecule has 2 aromatic carbocycles. The average Bonchev–Trinajstić information content (AvgIpc) is 3.10. The van der Waals surface area contributed by atoms with Crippen molar-refractivity contribution in [3.05, 3.63) is 75.8 Å². The number of rotatable bonds is 2. The summed E-state index contributed by atoms with van der Waals surface area (Å²) < 4.78 is 40.7. The van der Waals surface area contributed by atoms with Crippen LogP contribution in [0.25, 0.3) is 0 Å². The first-order valence-corrected chi connectivity index (χ1v) is 9.19. The van der Waals surface area contributed by atoms with Gasteiger partial charge in [0.25, 0.3) is 0 Å². The highest BCUT2D eigenvalue weighted by Crippen LogP contribution is 2.54. The molecule has 3 atom stereocenters. The summed E-state index contributed by atoms with van der Waals surface area (Å²) in [5, 5.41) is 3.67. The molecule has 0 bridgehead atoms. The van der Waals surface area contributed by atoms with Gasteiger partial charge in [0.05, 0.1) is 22.3 Å². The molecular weight excluding hydrogens is 359 g/mol. The second-order valence-electron chi connectivity index (χ2n) is 6.95. The number of hydrogen-bond acceptors (Lipinski definition) is 1. The van der Waals surface area contributed by atoms with Gasteiger partial charge in [-0.25, -0.2) is 0 Å². The third kappa shape index (κ3) is 2.81. The molecule has 1 heterocycles. The number of hydrogen-bond donors (Lipinski definition) is 1. The lowest BCUT2D eigenvalue weighted by atomic mass is 9.75. The van der Waals surface area contributed by atoms with Gasteiger partial charge in [0, 0.05) is 5.92 Å². The highest BCUT2D eigenvalue weighted by atomic mass is 35.5. The molecule has 2 aliphatic rings. The van der Waals surface area contributed by atoms with Crippen LogP contribution in [-0.2, 0) is 12.6 Å². The van der Waals surface area contributed by atoms with E-state index in [0.29, 0.717) is 10.7 Å². The zero-order valence-corrected chi connectivity index (χ0v) is 15.0. The van der Waals surface area contributed by atoms with Crippen molar-refractivity contribution >= 4 is 17.3 Å². The van der Waals surface area contributed by atoms with Crippen molar-refractivity contribution in [1.82, 2.24) is 0 Å². The largest absolute Gasteiger partial charge is 0.416 e. The monoisotopic (exact) mass is 377 g/mol. The Kier molecular flexibility index (Phi) is 4.26. The van der Waals surface area contributed by atoms with Gasteiger partial charge in [-0.2, -0.15) is 13.2 Å². The molecule has 0 radical (unpaired) electrons. The number of halogens is 4. The van der Waals surface area contributed by atoms with Crippen molar-refractivity contribution in [3.8, 4) is 0 Å². The fourth-order valence-electron chi connectivity index (χ4n) is 4.21. The summed E-state index contributed by atoms with van der Waals surface area (Å²) in [4.78, 5) is 0. The molecule has 4 rings (SSSR count). The number of alkyl halides is 3. The van der Waals surface area contributed by atoms with Gasteiger partial charge in [0.2, 0.25) is 0 Å². The lowest BCUT2D eigenvalue weighted by molar-refractivity contribution is -0.138. The summed E-state index contributed by atoms with van der Waals surface area (Å²) in [6.07, 6.45) is 1.20. The van der Waals surface area contributed by atoms with E-state index < -0.39 is 11.7 Å². The van der Waals surface area contributed by atoms with Crippen LogP contribution < -0.4 is 5.32 Å². The third-order valence-electron chi connectivity index (χ3n) is 5.52. The summed E-state index contributed by atoms with van der Waals surface area (Å²) in [5.74, 6) is -0.230. The molecule has 0 aromatic heterocycles. The number of allylic oxidation sites excluding steroid dienone is 2. The Bertz CT molecular complexity index is 855. The standard InChI is InChI=1S/C21H19ClF3N/c1-2-12-6-8-13(9-7-12)19-15-5-3-4-14(15)18-16(21(23,24)25)10-11-17(22)20(18)26-19/h3-4,6-11,14-15,19,26H,2,5H2,1H3/t14-,15-,19-/m0/s1. The number of fused-ring (bicyclic) bond motifs is 3. The lowest BCUT2D eigenvalue weighted by Gasteiger charge is -2.39. The molecule has 26 heavy (non-hydrogen) atoms. The van der Waals surface area contributed by atoms with Crippen LogP contribution in [0, 0.1) is 5.92 Å². The SMILES string of the molecule is CCc1ccc([C@@H]2Nc3c(Cl)ccc(C(F)(F)F)c3[C@H]3C=CC[C@@H]32)cc1. The number of anilines is 1. The summed E-state index contributed by atoms with van der Waals surface area (Å²) >= 11 is 6.30. The molecule has 1 aliphatic carbocycles. The molecule has 0 fully saturated rings. The van der Waals surface area contributed by atoms with Crippen LogP contribution in [0.5, 0.6) is 0 Å². The molecule has 2 aromatic rings. The van der Waals surface area contributed by atoms with E-state index in [9.17, 15) is 13.2 Å². The summed E-state index contributed by atoms with van der Waals surface area (Å²) in [7, 11) is 0. The molecule has 0 unspecified atom stereocenters. The minimum absolute atomic E-state index is 0.0505. The maximum absolute atomic E-state index is 13.6. The second-order valence-corrected chi connectivity index (χ2v) is 7.36. The van der Waals surface area contributed by atoms with Gasteiger partial charge in [-0.05, 0) is 47.6 Å². The summed E-state index contributed by atoms with van der Waals surface area (Å²) in [6, 6.07) is 10.7. The van der Waals surface area contributed by atoms with E-state index in [0.717, 1.165) is 24.5 Å². The average molecular weight is 378 g/mol. The van der Waals surface area contributed by atoms with Crippen molar-refractivity contribution < 1.29 is 13.2 Å². The summed E-state index contributed by atoms with van der Waals surface area (Å²) in [5.41, 5.74) is 2.43. The van der Waals surface area contributed by atoms with E-state index in [1.54, 1.807) is 0 Å². The van der Waals surface area contributed by atoms with E-state index in [2.05, 4.69) is 36.5 Å². The first-order valence-electron chi connectivity index (χ1n) is 8.81. The van der Waals surface area contributed by atoms with E-state index in [-0.39, 0.29) is 23.4 Å². The topological polar surface area (TPSA) is 12.0 Å². The molecule has 1 N–H and O–H groups in total. The fraction of sp³-hybridized carbons (Fsp3) is 0.333. The fourth-order valence-corrected chi connectivity index (χ4v) is 4.43. The van der Waals surface area contributed by atoms with Gasteiger partial charge in [-0.1, -0.05) is 54.9 Å². The molecule has 136 valence electrons. The maximum Gasteiger partial charge on any atom is 0.416 e. The molecule has 1 nitrogen and oxygen atoms in total. The highest BCUT2D eigenvalue weighted by Gasteiger charge is 2.44. The Morgan fingerprint density at radius 2 is 1.85 bits per heavy atom. The van der Waals surface area contributed by atoms with Gasteiger partial charge < -0.3 is 5.32 Å². The third-order valence-corrected chi connectivity index (χ3v) is 5.84. The van der Waals surface area contributed by atoms with E-state index in [1.165, 1.54) is 11.6 Å². The van der Waals surface area contributed by atoms with Gasteiger partial charge in [-0.15, -0.1) is 0 Å². The van der Waals surface area contributed by atoms with Gasteiger partial charge in [0.15, 0.2) is 0 Å². The Hall–Kier alpha value is -1.94. The predicted molar refractivity (Wildman–Crippen MR) is 98.6 cm³/mol. The summed E-state index contributed by atoms with van der Waals surface area (Å²) in [6.45, 7) is 2.10. The van der Waals surface area contributed by atoms with Gasteiger partial charge in [-0.3, -0.25) is 0 Å². The van der Waals surface area contributed by atoms with Crippen LogP contribution in [0.4, 0.5) is 18.9 Å². The smallest absolute Gasteiger partial charge is 0.376 e. The van der Waals surface area contributed by atoms with Crippen molar-refractivity contribution in [2.75, 3.05) is 5.32 Å². The number of nitrogens with one attached hydrogen (secondary N) is 1. The van der Waals surface area contributed by atoms with Crippen molar-refractivity contribution in [1.29, 1.82) is 0 Å². The van der Waals surface area contributed by atoms with Crippen molar-refractivity contribution in [2.45, 2.75) is 37.9 Å². The normalized spacial score (nSPS) is 24.1. The van der Waals surface area contributed by atoms with Crippen LogP contribution in [0.15, 0.2) is 48.6 Å². The Morgan fingerprint density at radius 3 is 2.50 bits per heavy atom. The van der Waals surface area contributed by atoms with Crippen LogP contribution in [0.1, 0.15) is 47.6 Å². The molecule has 0 amide bonds. The van der Waals surface area contributed by atoms with Crippen molar-refractivity contribution in [3.63, 3.8) is 0 Å². The zero-order valence-electron chi connectivity index (χ0n) is 14.3. The number of benzene rings is 2. The van der Waals surface area contributed by atoms with E-state index in [1.807, 2.05) is 12.2 Å². The molecule has 1 aliphatic heterocycles. The minimum atomic E-state index is -4.40. The number of aryl methyl sites for hydroxylation is 1. The molecule has 0 saturated heterocycles. The molecule has 0 spiro atoms. The molecular formula is C21H19ClF3N. The molecule has 5 heteroatoms. The van der Waals surface area contributed by atoms with Gasteiger partial charge >= 0.3 is 6.18 Å². The van der Waals surface area contributed by atoms with E-state index >= 15 is 0 Å². The first-order chi connectivity index (χ1) is 12.4. The first kappa shape index (κ1) is 17.5. The minimum Gasteiger partial charge on any atom is -0.376 e. The Labute approximate surface area is 155 Å². The van der Waals surface area contributed by atoms with Crippen LogP contribution in [-0.4, -0.2) is 0 Å². The zero-order chi connectivity index (χ0) is 18.5. The van der Waals surface area contributed by atoms with Crippen LogP contribution in [0.3, 0.4) is 0 Å². The lowest BCUT2D eigenvalue weighted by Crippen LogP contribution is -2.31. The molecule has 0 saturated carbocycles. The quantitative estimate of drug-likeness (QED) is 0.571. The van der Waals surface area contributed by atoms with Crippen LogP contribution in [0.2, 0.25) is 5.02 Å². The Balaban J connectivity index is 1.83. The van der Waals surface area contributed by atoms with E-state index in [4.69, 9.17) is 11.6 Å².